The number of nitrogen functional groups attached to an aromatic ring is 1. The molecule has 0 amide bonds. The molecule has 0 atom stereocenters. The van der Waals surface area contributed by atoms with Crippen LogP contribution in [0.5, 0.6) is 0 Å². The molecule has 5 aromatic rings. The first-order valence-corrected chi connectivity index (χ1v) is 11.3. The van der Waals surface area contributed by atoms with E-state index in [4.69, 9.17) is 10.2 Å². The van der Waals surface area contributed by atoms with Gasteiger partial charge in [0.2, 0.25) is 0 Å². The maximum Gasteiger partial charge on any atom is 0.177 e. The highest BCUT2D eigenvalue weighted by Crippen LogP contribution is 2.39. The molecule has 6 rings (SSSR count). The number of nitrogens with two attached hydrogens (primary N) is 1. The number of furan rings is 1. The van der Waals surface area contributed by atoms with Gasteiger partial charge in [0.1, 0.15) is 5.76 Å². The van der Waals surface area contributed by atoms with E-state index in [1.165, 1.54) is 0 Å². The molecule has 31 heavy (non-hydrogen) atoms. The van der Waals surface area contributed by atoms with Gasteiger partial charge in [0.05, 0.1) is 34.1 Å². The van der Waals surface area contributed by atoms with Gasteiger partial charge in [-0.15, -0.1) is 11.3 Å². The first-order valence-electron chi connectivity index (χ1n) is 10.4. The SMILES string of the molecule is Nc1ncc(-c2cnn(C3CCC(O)CC3)c2)c2cc(-c3cccc4ncsc34)oc12. The summed E-state index contributed by atoms with van der Waals surface area (Å²) >= 11 is 1.59. The zero-order valence-electron chi connectivity index (χ0n) is 16.7. The molecule has 8 heteroatoms. The van der Waals surface area contributed by atoms with E-state index in [1.807, 2.05) is 40.7 Å². The fourth-order valence-electron chi connectivity index (χ4n) is 4.49. The summed E-state index contributed by atoms with van der Waals surface area (Å²) in [5, 5.41) is 15.3. The van der Waals surface area contributed by atoms with Gasteiger partial charge in [0.15, 0.2) is 11.4 Å². The van der Waals surface area contributed by atoms with E-state index in [-0.39, 0.29) is 6.10 Å². The highest BCUT2D eigenvalue weighted by molar-refractivity contribution is 7.17. The number of aliphatic hydroxyl groups is 1. The van der Waals surface area contributed by atoms with E-state index >= 15 is 0 Å². The molecule has 0 aliphatic heterocycles. The number of benzene rings is 1. The Balaban J connectivity index is 1.44. The smallest absolute Gasteiger partial charge is 0.177 e. The van der Waals surface area contributed by atoms with Gasteiger partial charge in [0.25, 0.3) is 0 Å². The lowest BCUT2D eigenvalue weighted by Gasteiger charge is -2.25. The Bertz CT molecular complexity index is 1390. The Morgan fingerprint density at radius 1 is 1.10 bits per heavy atom. The molecule has 4 aromatic heterocycles. The highest BCUT2D eigenvalue weighted by atomic mass is 32.1. The van der Waals surface area contributed by atoms with Gasteiger partial charge in [-0.3, -0.25) is 4.68 Å². The molecule has 0 spiro atoms. The number of rotatable bonds is 3. The van der Waals surface area contributed by atoms with Crippen LogP contribution in [0.2, 0.25) is 0 Å². The zero-order valence-corrected chi connectivity index (χ0v) is 17.5. The predicted molar refractivity (Wildman–Crippen MR) is 122 cm³/mol. The van der Waals surface area contributed by atoms with Crippen LogP contribution in [0.3, 0.4) is 0 Å². The van der Waals surface area contributed by atoms with Crippen molar-refractivity contribution in [2.24, 2.45) is 0 Å². The van der Waals surface area contributed by atoms with E-state index < -0.39 is 0 Å². The molecule has 7 nitrogen and oxygen atoms in total. The molecular formula is C23H21N5O2S. The summed E-state index contributed by atoms with van der Waals surface area (Å²) in [7, 11) is 0. The molecule has 0 unspecified atom stereocenters. The second-order valence-corrected chi connectivity index (χ2v) is 8.94. The molecule has 0 bridgehead atoms. The number of hydrogen-bond acceptors (Lipinski definition) is 7. The highest BCUT2D eigenvalue weighted by Gasteiger charge is 2.22. The maximum atomic E-state index is 9.79. The summed E-state index contributed by atoms with van der Waals surface area (Å²) in [5.41, 5.74) is 12.5. The standard InChI is InChI=1S/C23H21N5O2S/c24-23-21-17(8-20(30-21)16-2-1-3-19-22(16)31-12-26-19)18(10-25-23)13-9-27-28(11-13)14-4-6-15(29)7-5-14/h1-3,8-12,14-15,29H,4-7H2,(H2,24,25). The summed E-state index contributed by atoms with van der Waals surface area (Å²) in [6.45, 7) is 0. The number of thiazole rings is 1. The molecule has 1 aromatic carbocycles. The van der Waals surface area contributed by atoms with Crippen molar-refractivity contribution in [1.29, 1.82) is 0 Å². The fourth-order valence-corrected chi connectivity index (χ4v) is 5.29. The van der Waals surface area contributed by atoms with Crippen molar-refractivity contribution in [3.8, 4) is 22.5 Å². The van der Waals surface area contributed by atoms with Crippen molar-refractivity contribution < 1.29 is 9.52 Å². The second-order valence-electron chi connectivity index (χ2n) is 8.09. The van der Waals surface area contributed by atoms with Gasteiger partial charge < -0.3 is 15.3 Å². The number of anilines is 1. The van der Waals surface area contributed by atoms with Crippen LogP contribution in [0, 0.1) is 0 Å². The minimum Gasteiger partial charge on any atom is -0.452 e. The molecule has 3 N–H and O–H groups in total. The van der Waals surface area contributed by atoms with Gasteiger partial charge >= 0.3 is 0 Å². The summed E-state index contributed by atoms with van der Waals surface area (Å²) in [6, 6.07) is 8.37. The summed E-state index contributed by atoms with van der Waals surface area (Å²) in [6.07, 6.45) is 9.05. The van der Waals surface area contributed by atoms with E-state index in [0.29, 0.717) is 17.4 Å². The van der Waals surface area contributed by atoms with Crippen LogP contribution in [0.15, 0.2) is 52.8 Å². The zero-order chi connectivity index (χ0) is 20.9. The van der Waals surface area contributed by atoms with Gasteiger partial charge in [0, 0.05) is 34.5 Å². The van der Waals surface area contributed by atoms with Crippen LogP contribution in [0.25, 0.3) is 43.6 Å². The topological polar surface area (TPSA) is 103 Å². The number of aromatic nitrogens is 4. The lowest BCUT2D eigenvalue weighted by Crippen LogP contribution is -2.21. The van der Waals surface area contributed by atoms with Gasteiger partial charge in [-0.1, -0.05) is 6.07 Å². The molecule has 4 heterocycles. The quantitative estimate of drug-likeness (QED) is 0.415. The number of pyridine rings is 1. The minimum absolute atomic E-state index is 0.181. The Hall–Kier alpha value is -3.23. The van der Waals surface area contributed by atoms with E-state index in [0.717, 1.165) is 63.7 Å². The molecule has 0 saturated heterocycles. The normalized spacial score (nSPS) is 19.4. The summed E-state index contributed by atoms with van der Waals surface area (Å²) in [5.74, 6) is 1.12. The monoisotopic (exact) mass is 431 g/mol. The van der Waals surface area contributed by atoms with Crippen LogP contribution in [0.4, 0.5) is 5.82 Å². The third-order valence-electron chi connectivity index (χ3n) is 6.16. The second kappa shape index (κ2) is 7.18. The minimum atomic E-state index is -0.181. The molecule has 0 radical (unpaired) electrons. The first-order chi connectivity index (χ1) is 15.2. The first kappa shape index (κ1) is 18.5. The van der Waals surface area contributed by atoms with Crippen molar-refractivity contribution in [1.82, 2.24) is 19.7 Å². The summed E-state index contributed by atoms with van der Waals surface area (Å²) in [4.78, 5) is 8.79. The number of aliphatic hydroxyl groups excluding tert-OH is 1. The van der Waals surface area contributed by atoms with Crippen LogP contribution < -0.4 is 5.73 Å². The lowest BCUT2D eigenvalue weighted by molar-refractivity contribution is 0.108. The van der Waals surface area contributed by atoms with E-state index in [2.05, 4.69) is 21.3 Å². The van der Waals surface area contributed by atoms with Crippen molar-refractivity contribution in [3.05, 3.63) is 48.4 Å². The number of fused-ring (bicyclic) bond motifs is 2. The van der Waals surface area contributed by atoms with Gasteiger partial charge in [-0.2, -0.15) is 5.10 Å². The Labute approximate surface area is 182 Å². The van der Waals surface area contributed by atoms with Crippen LogP contribution in [0.1, 0.15) is 31.7 Å². The van der Waals surface area contributed by atoms with E-state index in [1.54, 1.807) is 17.5 Å². The molecular weight excluding hydrogens is 410 g/mol. The van der Waals surface area contributed by atoms with Gasteiger partial charge in [-0.05, 0) is 43.9 Å². The molecule has 1 aliphatic carbocycles. The van der Waals surface area contributed by atoms with Crippen molar-refractivity contribution in [2.45, 2.75) is 37.8 Å². The average Bonchev–Trinajstić information content (AvgIpc) is 3.53. The third kappa shape index (κ3) is 3.10. The predicted octanol–water partition coefficient (Wildman–Crippen LogP) is 5.03. The fraction of sp³-hybridized carbons (Fsp3) is 0.261. The summed E-state index contributed by atoms with van der Waals surface area (Å²) < 4.78 is 9.30. The Kier molecular flexibility index (Phi) is 4.29. The van der Waals surface area contributed by atoms with Crippen LogP contribution in [-0.4, -0.2) is 31.0 Å². The maximum absolute atomic E-state index is 9.79. The number of nitrogens with zero attached hydrogens (tertiary/aromatic N) is 4. The average molecular weight is 432 g/mol. The van der Waals surface area contributed by atoms with Crippen LogP contribution in [-0.2, 0) is 0 Å². The lowest BCUT2D eigenvalue weighted by atomic mass is 9.93. The largest absolute Gasteiger partial charge is 0.452 e. The van der Waals surface area contributed by atoms with Crippen LogP contribution >= 0.6 is 11.3 Å². The molecule has 1 saturated carbocycles. The molecule has 1 fully saturated rings. The van der Waals surface area contributed by atoms with Crippen molar-refractivity contribution in [3.63, 3.8) is 0 Å². The molecule has 156 valence electrons. The molecule has 1 aliphatic rings. The van der Waals surface area contributed by atoms with E-state index in [9.17, 15) is 5.11 Å². The Morgan fingerprint density at radius 3 is 2.84 bits per heavy atom. The van der Waals surface area contributed by atoms with Gasteiger partial charge in [-0.25, -0.2) is 9.97 Å². The van der Waals surface area contributed by atoms with Crippen molar-refractivity contribution in [2.75, 3.05) is 5.73 Å². The number of hydrogen-bond donors (Lipinski definition) is 2. The third-order valence-corrected chi connectivity index (χ3v) is 7.04. The van der Waals surface area contributed by atoms with Crippen molar-refractivity contribution >= 4 is 38.3 Å². The Morgan fingerprint density at radius 2 is 1.97 bits per heavy atom.